The van der Waals surface area contributed by atoms with Gasteiger partial charge in [0, 0.05) is 16.2 Å². The average molecular weight is 355 g/mol. The Morgan fingerprint density at radius 2 is 2.14 bits per heavy atom. The lowest BCUT2D eigenvalue weighted by molar-refractivity contribution is -0.148. The minimum atomic E-state index is -0.883. The highest BCUT2D eigenvalue weighted by Gasteiger charge is 2.45. The van der Waals surface area contributed by atoms with Crippen LogP contribution in [0.1, 0.15) is 31.7 Å². The normalized spacial score (nSPS) is 24.6. The molecule has 2 rings (SSSR count). The first-order valence-electron chi connectivity index (χ1n) is 6.90. The van der Waals surface area contributed by atoms with Crippen LogP contribution in [-0.4, -0.2) is 23.1 Å². The molecule has 2 amide bonds. The van der Waals surface area contributed by atoms with E-state index < -0.39 is 11.4 Å². The Morgan fingerprint density at radius 1 is 1.43 bits per heavy atom. The van der Waals surface area contributed by atoms with Crippen LogP contribution in [0.5, 0.6) is 0 Å². The maximum absolute atomic E-state index is 12.1. The van der Waals surface area contributed by atoms with Gasteiger partial charge >= 0.3 is 12.0 Å². The van der Waals surface area contributed by atoms with Gasteiger partial charge < -0.3 is 15.7 Å². The van der Waals surface area contributed by atoms with Crippen molar-refractivity contribution in [1.29, 1.82) is 0 Å². The number of rotatable bonds is 3. The van der Waals surface area contributed by atoms with Crippen molar-refractivity contribution in [3.05, 3.63) is 28.2 Å². The highest BCUT2D eigenvalue weighted by atomic mass is 79.9. The topological polar surface area (TPSA) is 78.4 Å². The third-order valence-corrected chi connectivity index (χ3v) is 4.68. The zero-order chi connectivity index (χ0) is 15.6. The van der Waals surface area contributed by atoms with Gasteiger partial charge in [-0.2, -0.15) is 0 Å². The molecule has 1 aliphatic rings. The molecule has 1 aromatic rings. The van der Waals surface area contributed by atoms with Gasteiger partial charge in [-0.15, -0.1) is 0 Å². The molecule has 5 nitrogen and oxygen atoms in total. The third-order valence-electron chi connectivity index (χ3n) is 4.19. The fourth-order valence-corrected chi connectivity index (χ4v) is 3.21. The number of carboxylic acid groups (broad SMARTS) is 1. The summed E-state index contributed by atoms with van der Waals surface area (Å²) in [5.41, 5.74) is 0.768. The van der Waals surface area contributed by atoms with Crippen LogP contribution < -0.4 is 10.6 Å². The molecule has 0 aliphatic heterocycles. The monoisotopic (exact) mass is 354 g/mol. The van der Waals surface area contributed by atoms with Crippen LogP contribution in [0.25, 0.3) is 0 Å². The van der Waals surface area contributed by atoms with Crippen molar-refractivity contribution in [3.8, 4) is 0 Å². The summed E-state index contributed by atoms with van der Waals surface area (Å²) < 4.78 is 0.945. The van der Waals surface area contributed by atoms with Crippen molar-refractivity contribution < 1.29 is 14.7 Å². The number of benzene rings is 1. The summed E-state index contributed by atoms with van der Waals surface area (Å²) in [6, 6.07) is 4.86. The first-order valence-corrected chi connectivity index (χ1v) is 7.69. The Labute approximate surface area is 132 Å². The zero-order valence-electron chi connectivity index (χ0n) is 12.1. The van der Waals surface area contributed by atoms with Crippen molar-refractivity contribution in [3.63, 3.8) is 0 Å². The van der Waals surface area contributed by atoms with Gasteiger partial charge in [-0.05, 0) is 50.5 Å². The molecule has 6 heteroatoms. The molecule has 1 aromatic carbocycles. The first kappa shape index (κ1) is 15.8. The molecule has 114 valence electrons. The van der Waals surface area contributed by atoms with E-state index in [0.717, 1.165) is 16.5 Å². The molecule has 1 fully saturated rings. The lowest BCUT2D eigenvalue weighted by atomic mass is 9.85. The van der Waals surface area contributed by atoms with Crippen LogP contribution in [0, 0.1) is 12.3 Å². The number of urea groups is 1. The number of halogens is 1. The summed E-state index contributed by atoms with van der Waals surface area (Å²) in [7, 11) is 0. The number of hydrogen-bond donors (Lipinski definition) is 3. The second-order valence-corrected chi connectivity index (χ2v) is 6.64. The molecular weight excluding hydrogens is 336 g/mol. The molecule has 0 spiro atoms. The quantitative estimate of drug-likeness (QED) is 0.776. The number of carbonyl (C=O) groups is 2. The van der Waals surface area contributed by atoms with E-state index in [1.54, 1.807) is 6.92 Å². The molecule has 1 saturated carbocycles. The zero-order valence-corrected chi connectivity index (χ0v) is 13.7. The summed E-state index contributed by atoms with van der Waals surface area (Å²) in [6.07, 6.45) is 2.09. The van der Waals surface area contributed by atoms with Gasteiger partial charge in [0.1, 0.15) is 0 Å². The van der Waals surface area contributed by atoms with Gasteiger partial charge in [0.25, 0.3) is 0 Å². The number of anilines is 1. The van der Waals surface area contributed by atoms with E-state index >= 15 is 0 Å². The molecule has 21 heavy (non-hydrogen) atoms. The molecule has 0 radical (unpaired) electrons. The van der Waals surface area contributed by atoms with E-state index in [4.69, 9.17) is 0 Å². The number of carboxylic acids is 1. The predicted molar refractivity (Wildman–Crippen MR) is 84.4 cm³/mol. The molecule has 1 aliphatic carbocycles. The van der Waals surface area contributed by atoms with Gasteiger partial charge in [-0.3, -0.25) is 4.79 Å². The summed E-state index contributed by atoms with van der Waals surface area (Å²) in [5, 5.41) is 14.9. The summed E-state index contributed by atoms with van der Waals surface area (Å²) in [6.45, 7) is 3.59. The Hall–Kier alpha value is -1.56. The van der Waals surface area contributed by atoms with Gasteiger partial charge in [0.05, 0.1) is 5.41 Å². The molecule has 0 heterocycles. The van der Waals surface area contributed by atoms with Crippen molar-refractivity contribution in [2.24, 2.45) is 5.41 Å². The van der Waals surface area contributed by atoms with Crippen LogP contribution >= 0.6 is 15.9 Å². The Morgan fingerprint density at radius 3 is 2.76 bits per heavy atom. The highest BCUT2D eigenvalue weighted by molar-refractivity contribution is 9.10. The Kier molecular flexibility index (Phi) is 4.56. The lowest BCUT2D eigenvalue weighted by Crippen LogP contribution is -2.48. The molecule has 3 N–H and O–H groups in total. The van der Waals surface area contributed by atoms with Gasteiger partial charge in [-0.1, -0.05) is 22.4 Å². The Bertz CT molecular complexity index is 576. The second kappa shape index (κ2) is 6.05. The predicted octanol–water partition coefficient (Wildman–Crippen LogP) is 3.52. The van der Waals surface area contributed by atoms with Crippen LogP contribution in [0.4, 0.5) is 10.5 Å². The largest absolute Gasteiger partial charge is 0.481 e. The second-order valence-electron chi connectivity index (χ2n) is 5.73. The van der Waals surface area contributed by atoms with E-state index in [1.807, 2.05) is 25.1 Å². The van der Waals surface area contributed by atoms with E-state index in [1.165, 1.54) is 0 Å². The number of nitrogens with one attached hydrogen (secondary N) is 2. The highest BCUT2D eigenvalue weighted by Crippen LogP contribution is 2.38. The van der Waals surface area contributed by atoms with E-state index in [0.29, 0.717) is 18.5 Å². The molecular formula is C15H19BrN2O3. The summed E-state index contributed by atoms with van der Waals surface area (Å²) in [4.78, 5) is 23.5. The number of carbonyl (C=O) groups excluding carboxylic acids is 1. The maximum Gasteiger partial charge on any atom is 0.319 e. The minimum Gasteiger partial charge on any atom is -0.481 e. The average Bonchev–Trinajstić information content (AvgIpc) is 2.76. The molecule has 0 bridgehead atoms. The van der Waals surface area contributed by atoms with Gasteiger partial charge in [-0.25, -0.2) is 4.79 Å². The van der Waals surface area contributed by atoms with E-state index in [-0.39, 0.29) is 12.1 Å². The smallest absolute Gasteiger partial charge is 0.319 e. The third kappa shape index (κ3) is 3.37. The fourth-order valence-electron chi connectivity index (χ4n) is 2.74. The first-order chi connectivity index (χ1) is 9.83. The summed E-state index contributed by atoms with van der Waals surface area (Å²) >= 11 is 3.37. The molecule has 2 unspecified atom stereocenters. The SMILES string of the molecule is Cc1cc(Br)ccc1NC(=O)NC1CCCC1(C)C(=O)O. The van der Waals surface area contributed by atoms with Crippen molar-refractivity contribution in [2.75, 3.05) is 5.32 Å². The fraction of sp³-hybridized carbons (Fsp3) is 0.467. The van der Waals surface area contributed by atoms with Gasteiger partial charge in [0.2, 0.25) is 0 Å². The number of hydrogen-bond acceptors (Lipinski definition) is 2. The number of aryl methyl sites for hydroxylation is 1. The number of amides is 2. The molecule has 2 atom stereocenters. The van der Waals surface area contributed by atoms with E-state index in [9.17, 15) is 14.7 Å². The number of aliphatic carboxylic acids is 1. The van der Waals surface area contributed by atoms with Crippen molar-refractivity contribution in [1.82, 2.24) is 5.32 Å². The lowest BCUT2D eigenvalue weighted by Gasteiger charge is -2.27. The van der Waals surface area contributed by atoms with Crippen LogP contribution in [0.15, 0.2) is 22.7 Å². The molecule has 0 aromatic heterocycles. The minimum absolute atomic E-state index is 0.342. The van der Waals surface area contributed by atoms with E-state index in [2.05, 4.69) is 26.6 Å². The maximum atomic E-state index is 12.1. The van der Waals surface area contributed by atoms with Crippen LogP contribution in [-0.2, 0) is 4.79 Å². The Balaban J connectivity index is 2.03. The van der Waals surface area contributed by atoms with Crippen molar-refractivity contribution in [2.45, 2.75) is 39.2 Å². The van der Waals surface area contributed by atoms with Crippen LogP contribution in [0.2, 0.25) is 0 Å². The summed E-state index contributed by atoms with van der Waals surface area (Å²) in [5.74, 6) is -0.856. The van der Waals surface area contributed by atoms with Crippen molar-refractivity contribution >= 4 is 33.6 Å². The van der Waals surface area contributed by atoms with Crippen LogP contribution in [0.3, 0.4) is 0 Å². The van der Waals surface area contributed by atoms with Gasteiger partial charge in [0.15, 0.2) is 0 Å². The molecule has 0 saturated heterocycles. The standard InChI is InChI=1S/C15H19BrN2O3/c1-9-8-10(16)5-6-11(9)17-14(21)18-12-4-3-7-15(12,2)13(19)20/h5-6,8,12H,3-4,7H2,1-2H3,(H,19,20)(H2,17,18,21).